The van der Waals surface area contributed by atoms with E-state index in [1.165, 1.54) is 25.7 Å². The van der Waals surface area contributed by atoms with Gasteiger partial charge in [0.05, 0.1) is 32.7 Å². The second-order valence-corrected chi connectivity index (χ2v) is 11.8. The van der Waals surface area contributed by atoms with E-state index in [1.54, 1.807) is 56.6 Å². The van der Waals surface area contributed by atoms with E-state index >= 15 is 0 Å². The molecule has 3 atom stereocenters. The van der Waals surface area contributed by atoms with Crippen LogP contribution in [-0.2, 0) is 20.3 Å². The zero-order valence-electron chi connectivity index (χ0n) is 23.4. The fourth-order valence-corrected chi connectivity index (χ4v) is 5.53. The number of sulfone groups is 1. The van der Waals surface area contributed by atoms with E-state index in [9.17, 15) is 18.6 Å². The number of aliphatic hydroxyl groups excluding tert-OH is 2. The Balaban J connectivity index is 1.80. The van der Waals surface area contributed by atoms with Gasteiger partial charge in [-0.1, -0.05) is 6.07 Å². The fourth-order valence-electron chi connectivity index (χ4n) is 4.15. The molecule has 0 fully saturated rings. The summed E-state index contributed by atoms with van der Waals surface area (Å²) in [6.07, 6.45) is 0.732. The van der Waals surface area contributed by atoms with Crippen molar-refractivity contribution in [3.63, 3.8) is 0 Å². The molecule has 0 saturated heterocycles. The maximum Gasteiger partial charge on any atom is 0.204 e. The quantitative estimate of drug-likeness (QED) is 0.234. The summed E-state index contributed by atoms with van der Waals surface area (Å²) in [5.74, 6) is 1.68. The van der Waals surface area contributed by atoms with E-state index in [4.69, 9.17) is 18.6 Å². The van der Waals surface area contributed by atoms with Crippen molar-refractivity contribution in [2.24, 2.45) is 0 Å². The molecular formula is C27H33N5O8S. The monoisotopic (exact) mass is 587 g/mol. The van der Waals surface area contributed by atoms with Crippen molar-refractivity contribution in [2.75, 3.05) is 27.4 Å². The predicted molar refractivity (Wildman–Crippen MR) is 148 cm³/mol. The number of rotatable bonds is 13. The zero-order valence-corrected chi connectivity index (χ0v) is 24.2. The molecule has 4 rings (SSSR count). The van der Waals surface area contributed by atoms with Crippen LogP contribution in [0.25, 0.3) is 17.3 Å². The summed E-state index contributed by atoms with van der Waals surface area (Å²) in [5.41, 5.74) is 1.17. The molecule has 14 heteroatoms. The van der Waals surface area contributed by atoms with Gasteiger partial charge in [0.2, 0.25) is 5.82 Å². The number of hydrogen-bond donors (Lipinski definition) is 2. The summed E-state index contributed by atoms with van der Waals surface area (Å²) in [6, 6.07) is 8.63. The Bertz CT molecular complexity index is 1550. The third kappa shape index (κ3) is 6.56. The predicted octanol–water partition coefficient (Wildman–Crippen LogP) is 2.37. The van der Waals surface area contributed by atoms with Crippen LogP contribution in [0.1, 0.15) is 36.0 Å². The van der Waals surface area contributed by atoms with Crippen molar-refractivity contribution in [3.05, 3.63) is 65.7 Å². The largest absolute Gasteiger partial charge is 0.494 e. The highest BCUT2D eigenvalue weighted by Crippen LogP contribution is 2.37. The molecule has 1 aromatic carbocycles. The lowest BCUT2D eigenvalue weighted by Crippen LogP contribution is -2.33. The Hall–Kier alpha value is -3.85. The molecule has 0 aliphatic rings. The van der Waals surface area contributed by atoms with Crippen LogP contribution < -0.4 is 9.47 Å². The van der Waals surface area contributed by atoms with Crippen molar-refractivity contribution in [1.82, 2.24) is 24.7 Å². The maximum absolute atomic E-state index is 13.9. The Morgan fingerprint density at radius 1 is 1.02 bits per heavy atom. The molecule has 220 valence electrons. The molecule has 3 heterocycles. The summed E-state index contributed by atoms with van der Waals surface area (Å²) in [7, 11) is -1.07. The van der Waals surface area contributed by atoms with Crippen LogP contribution in [-0.4, -0.2) is 82.2 Å². The van der Waals surface area contributed by atoms with Crippen LogP contribution in [0.3, 0.4) is 0 Å². The first kappa shape index (κ1) is 30.1. The van der Waals surface area contributed by atoms with Crippen LogP contribution in [0.5, 0.6) is 11.5 Å². The standard InChI is InChI=1S/C27H33N5O8S/c1-16-11-28-26(29-12-16)25(39-14-19(34)13-33)18(3)41(35,36)15-23-30-31-27(22-10-9-17(2)40-22)32(23)24-20(37-4)7-6-8-21(24)38-5/h6-12,18-19,25,33-34H,13-15H2,1-5H3/t18-,19-,25+/m1/s1. The van der Waals surface area contributed by atoms with Gasteiger partial charge in [-0.2, -0.15) is 0 Å². The summed E-state index contributed by atoms with van der Waals surface area (Å²) >= 11 is 0. The average molecular weight is 588 g/mol. The lowest BCUT2D eigenvalue weighted by molar-refractivity contribution is -0.0324. The van der Waals surface area contributed by atoms with Gasteiger partial charge in [-0.3, -0.25) is 4.57 Å². The van der Waals surface area contributed by atoms with Crippen molar-refractivity contribution in [3.8, 4) is 28.8 Å². The van der Waals surface area contributed by atoms with Crippen molar-refractivity contribution in [2.45, 2.75) is 44.0 Å². The van der Waals surface area contributed by atoms with Crippen LogP contribution in [0.4, 0.5) is 0 Å². The fraction of sp³-hybridized carbons (Fsp3) is 0.407. The second-order valence-electron chi connectivity index (χ2n) is 9.42. The van der Waals surface area contributed by atoms with Gasteiger partial charge in [-0.05, 0) is 50.6 Å². The van der Waals surface area contributed by atoms with E-state index in [0.717, 1.165) is 5.56 Å². The average Bonchev–Trinajstić information content (AvgIpc) is 3.58. The highest BCUT2D eigenvalue weighted by atomic mass is 32.2. The molecule has 13 nitrogen and oxygen atoms in total. The van der Waals surface area contributed by atoms with Crippen molar-refractivity contribution in [1.29, 1.82) is 0 Å². The number of furan rings is 1. The van der Waals surface area contributed by atoms with E-state index < -0.39 is 39.7 Å². The molecule has 2 N–H and O–H groups in total. The van der Waals surface area contributed by atoms with E-state index in [0.29, 0.717) is 28.7 Å². The van der Waals surface area contributed by atoms with E-state index in [-0.39, 0.29) is 24.1 Å². The number of benzene rings is 1. The third-order valence-corrected chi connectivity index (χ3v) is 8.41. The molecule has 41 heavy (non-hydrogen) atoms. The van der Waals surface area contributed by atoms with Crippen LogP contribution in [0, 0.1) is 13.8 Å². The molecule has 3 aromatic heterocycles. The first-order chi connectivity index (χ1) is 19.6. The van der Waals surface area contributed by atoms with Gasteiger partial charge in [-0.25, -0.2) is 18.4 Å². The first-order valence-electron chi connectivity index (χ1n) is 12.7. The third-order valence-electron chi connectivity index (χ3n) is 6.37. The first-order valence-corrected chi connectivity index (χ1v) is 14.4. The summed E-state index contributed by atoms with van der Waals surface area (Å²) in [4.78, 5) is 8.51. The molecule has 0 bridgehead atoms. The Kier molecular flexibility index (Phi) is 9.38. The summed E-state index contributed by atoms with van der Waals surface area (Å²) in [6.45, 7) is 4.17. The minimum atomic E-state index is -4.04. The van der Waals surface area contributed by atoms with Crippen LogP contribution in [0.15, 0.2) is 47.1 Å². The molecule has 0 spiro atoms. The Morgan fingerprint density at radius 3 is 2.24 bits per heavy atom. The summed E-state index contributed by atoms with van der Waals surface area (Å²) in [5, 5.41) is 26.5. The molecular weight excluding hydrogens is 554 g/mol. The van der Waals surface area contributed by atoms with Gasteiger partial charge >= 0.3 is 0 Å². The van der Waals surface area contributed by atoms with E-state index in [2.05, 4.69) is 20.2 Å². The van der Waals surface area contributed by atoms with Crippen LogP contribution >= 0.6 is 0 Å². The normalized spacial score (nSPS) is 14.0. The Labute approximate surface area is 237 Å². The smallest absolute Gasteiger partial charge is 0.204 e. The number of ether oxygens (including phenoxy) is 3. The maximum atomic E-state index is 13.9. The van der Waals surface area contributed by atoms with Gasteiger partial charge in [0, 0.05) is 12.4 Å². The van der Waals surface area contributed by atoms with Gasteiger partial charge < -0.3 is 28.8 Å². The number of aryl methyl sites for hydroxylation is 2. The molecule has 0 radical (unpaired) electrons. The molecule has 0 amide bonds. The number of para-hydroxylation sites is 1. The zero-order chi connectivity index (χ0) is 29.7. The van der Waals surface area contributed by atoms with E-state index in [1.807, 2.05) is 0 Å². The lowest BCUT2D eigenvalue weighted by Gasteiger charge is -2.24. The second kappa shape index (κ2) is 12.8. The van der Waals surface area contributed by atoms with Crippen molar-refractivity contribution >= 4 is 9.84 Å². The highest BCUT2D eigenvalue weighted by molar-refractivity contribution is 7.91. The topological polar surface area (TPSA) is 172 Å². The molecule has 4 aromatic rings. The van der Waals surface area contributed by atoms with Crippen molar-refractivity contribution < 1.29 is 37.3 Å². The van der Waals surface area contributed by atoms with Gasteiger partial charge in [0.1, 0.15) is 40.9 Å². The molecule has 0 aliphatic heterocycles. The number of nitrogens with zero attached hydrogens (tertiary/aromatic N) is 5. The van der Waals surface area contributed by atoms with Gasteiger partial charge in [0.15, 0.2) is 27.2 Å². The van der Waals surface area contributed by atoms with Crippen LogP contribution in [0.2, 0.25) is 0 Å². The lowest BCUT2D eigenvalue weighted by atomic mass is 10.2. The molecule has 0 saturated carbocycles. The molecule has 0 aliphatic carbocycles. The SMILES string of the molecule is COc1cccc(OC)c1-n1c(CS(=O)(=O)[C@H](C)[C@H](OC[C@H](O)CO)c2ncc(C)cn2)nnc1-c1ccc(C)o1. The molecule has 0 unspecified atom stereocenters. The number of aromatic nitrogens is 5. The minimum Gasteiger partial charge on any atom is -0.494 e. The number of methoxy groups -OCH3 is 2. The van der Waals surface area contributed by atoms with Gasteiger partial charge in [0.25, 0.3) is 0 Å². The number of aliphatic hydroxyl groups is 2. The highest BCUT2D eigenvalue weighted by Gasteiger charge is 2.36. The number of hydrogen-bond acceptors (Lipinski definition) is 12. The van der Waals surface area contributed by atoms with Gasteiger partial charge in [-0.15, -0.1) is 10.2 Å². The Morgan fingerprint density at radius 2 is 1.68 bits per heavy atom. The summed E-state index contributed by atoms with van der Waals surface area (Å²) < 4.78 is 52.1. The minimum absolute atomic E-state index is 0.0719.